The lowest BCUT2D eigenvalue weighted by atomic mass is 10.4. The Kier molecular flexibility index (Phi) is 5.32. The van der Waals surface area contributed by atoms with Gasteiger partial charge in [-0.3, -0.25) is 4.79 Å². The van der Waals surface area contributed by atoms with Crippen LogP contribution in [0.2, 0.25) is 0 Å². The van der Waals surface area contributed by atoms with Crippen molar-refractivity contribution in [1.29, 1.82) is 0 Å². The van der Waals surface area contributed by atoms with Gasteiger partial charge in [0.25, 0.3) is 0 Å². The highest BCUT2D eigenvalue weighted by Gasteiger charge is 1.94. The van der Waals surface area contributed by atoms with E-state index in [2.05, 4.69) is 11.9 Å². The topological polar surface area (TPSA) is 29.1 Å². The summed E-state index contributed by atoms with van der Waals surface area (Å²) in [5.74, 6) is 0.355. The highest BCUT2D eigenvalue weighted by Crippen LogP contribution is 1.82. The number of rotatable bonds is 4. The molecule has 0 bridgehead atoms. The molecule has 0 aromatic heterocycles. The summed E-state index contributed by atoms with van der Waals surface area (Å²) in [6.07, 6.45) is 2.02. The molecule has 0 aliphatic carbocycles. The average molecular weight is 148 g/mol. The quantitative estimate of drug-likeness (QED) is 0.465. The van der Waals surface area contributed by atoms with Gasteiger partial charge in [0.15, 0.2) is 0 Å². The Balaban J connectivity index is 3.16. The summed E-state index contributed by atoms with van der Waals surface area (Å²) in [7, 11) is 0. The average Bonchev–Trinajstić information content (AvgIpc) is 1.85. The van der Waals surface area contributed by atoms with E-state index in [1.165, 1.54) is 0 Å². The Morgan fingerprint density at radius 1 is 1.78 bits per heavy atom. The maximum absolute atomic E-state index is 10.6. The zero-order chi connectivity index (χ0) is 7.11. The van der Waals surface area contributed by atoms with Gasteiger partial charge in [0.05, 0.1) is 0 Å². The summed E-state index contributed by atoms with van der Waals surface area (Å²) in [5.41, 5.74) is 0. The van der Waals surface area contributed by atoms with E-state index >= 15 is 0 Å². The van der Waals surface area contributed by atoms with E-state index in [-0.39, 0.29) is 5.91 Å². The molecule has 2 nitrogen and oxygen atoms in total. The Bertz CT molecular complexity index is 103. The summed E-state index contributed by atoms with van der Waals surface area (Å²) in [6.45, 7) is 3.97. The Morgan fingerprint density at radius 2 is 2.44 bits per heavy atom. The first-order chi connectivity index (χ1) is 4.31. The molecule has 1 amide bonds. The predicted octanol–water partition coefficient (Wildman–Crippen LogP) is 0.917. The Labute approximate surface area is 59.9 Å². The van der Waals surface area contributed by atoms with Gasteiger partial charge in [0.1, 0.15) is 0 Å². The molecule has 0 aromatic rings. The molecule has 0 aromatic carbocycles. The van der Waals surface area contributed by atoms with Crippen LogP contribution < -0.4 is 5.32 Å². The smallest absolute Gasteiger partial charge is 0.221 e. The summed E-state index contributed by atoms with van der Waals surface area (Å²) in [6, 6.07) is 0. The third kappa shape index (κ3) is 5.37. The molecule has 0 radical (unpaired) electrons. The number of amides is 1. The van der Waals surface area contributed by atoms with Crippen molar-refractivity contribution >= 4 is 17.5 Å². The van der Waals surface area contributed by atoms with Gasteiger partial charge in [-0.15, -0.1) is 18.2 Å². The van der Waals surface area contributed by atoms with E-state index in [1.54, 1.807) is 6.08 Å². The van der Waals surface area contributed by atoms with Crippen molar-refractivity contribution in [3.63, 3.8) is 0 Å². The third-order valence-electron chi connectivity index (χ3n) is 0.765. The number of halogens is 1. The van der Waals surface area contributed by atoms with Crippen LogP contribution >= 0.6 is 11.6 Å². The van der Waals surface area contributed by atoms with Crippen LogP contribution in [0.25, 0.3) is 0 Å². The molecule has 9 heavy (non-hydrogen) atoms. The molecule has 0 aliphatic heterocycles. The molecule has 0 spiro atoms. The molecule has 0 heterocycles. The van der Waals surface area contributed by atoms with E-state index in [0.717, 1.165) is 0 Å². The normalized spacial score (nSPS) is 8.56. The molecular formula is C6H10ClNO. The number of hydrogen-bond acceptors (Lipinski definition) is 1. The van der Waals surface area contributed by atoms with Crippen LogP contribution in [0.3, 0.4) is 0 Å². The van der Waals surface area contributed by atoms with Gasteiger partial charge in [-0.2, -0.15) is 0 Å². The van der Waals surface area contributed by atoms with Crippen molar-refractivity contribution in [1.82, 2.24) is 5.32 Å². The lowest BCUT2D eigenvalue weighted by Gasteiger charge is -1.96. The fourth-order valence-corrected chi connectivity index (χ4v) is 0.532. The van der Waals surface area contributed by atoms with Gasteiger partial charge >= 0.3 is 0 Å². The standard InChI is InChI=1S/C6H10ClNO/c1-2-5-8-6(9)3-4-7/h2H,1,3-5H2,(H,8,9). The van der Waals surface area contributed by atoms with Crippen LogP contribution in [0.4, 0.5) is 0 Å². The predicted molar refractivity (Wildman–Crippen MR) is 38.5 cm³/mol. The van der Waals surface area contributed by atoms with E-state index in [1.807, 2.05) is 0 Å². The summed E-state index contributed by atoms with van der Waals surface area (Å²) >= 11 is 5.29. The second kappa shape index (κ2) is 5.63. The van der Waals surface area contributed by atoms with Gasteiger partial charge in [-0.1, -0.05) is 6.08 Å². The van der Waals surface area contributed by atoms with E-state index in [0.29, 0.717) is 18.8 Å². The van der Waals surface area contributed by atoms with Crippen LogP contribution in [0.15, 0.2) is 12.7 Å². The fraction of sp³-hybridized carbons (Fsp3) is 0.500. The highest BCUT2D eigenvalue weighted by molar-refractivity contribution is 6.18. The van der Waals surface area contributed by atoms with Crippen LogP contribution in [0.1, 0.15) is 6.42 Å². The summed E-state index contributed by atoms with van der Waals surface area (Å²) in [4.78, 5) is 10.6. The van der Waals surface area contributed by atoms with Crippen LogP contribution in [0.5, 0.6) is 0 Å². The molecule has 0 atom stereocenters. The van der Waals surface area contributed by atoms with Gasteiger partial charge in [0, 0.05) is 18.8 Å². The van der Waals surface area contributed by atoms with Crippen molar-refractivity contribution in [2.45, 2.75) is 6.42 Å². The second-order valence-electron chi connectivity index (χ2n) is 1.53. The van der Waals surface area contributed by atoms with Crippen molar-refractivity contribution in [2.75, 3.05) is 12.4 Å². The first-order valence-corrected chi connectivity index (χ1v) is 3.28. The van der Waals surface area contributed by atoms with E-state index < -0.39 is 0 Å². The number of carbonyl (C=O) groups excluding carboxylic acids is 1. The van der Waals surface area contributed by atoms with Gasteiger partial charge in [-0.05, 0) is 0 Å². The van der Waals surface area contributed by atoms with Crippen molar-refractivity contribution in [3.05, 3.63) is 12.7 Å². The SMILES string of the molecule is C=CCNC(=O)CCCl. The molecular weight excluding hydrogens is 138 g/mol. The summed E-state index contributed by atoms with van der Waals surface area (Å²) < 4.78 is 0. The number of carbonyl (C=O) groups is 1. The monoisotopic (exact) mass is 147 g/mol. The fourth-order valence-electron chi connectivity index (χ4n) is 0.360. The largest absolute Gasteiger partial charge is 0.353 e. The van der Waals surface area contributed by atoms with Crippen LogP contribution in [-0.2, 0) is 4.79 Å². The molecule has 0 saturated carbocycles. The van der Waals surface area contributed by atoms with Gasteiger partial charge in [0.2, 0.25) is 5.91 Å². The molecule has 0 unspecified atom stereocenters. The minimum absolute atomic E-state index is 0.0232. The second-order valence-corrected chi connectivity index (χ2v) is 1.91. The number of hydrogen-bond donors (Lipinski definition) is 1. The zero-order valence-electron chi connectivity index (χ0n) is 5.19. The Hall–Kier alpha value is -0.500. The lowest BCUT2D eigenvalue weighted by molar-refractivity contribution is -0.120. The maximum Gasteiger partial charge on any atom is 0.221 e. The van der Waals surface area contributed by atoms with Crippen molar-refractivity contribution in [3.8, 4) is 0 Å². The van der Waals surface area contributed by atoms with Crippen molar-refractivity contribution in [2.24, 2.45) is 0 Å². The first kappa shape index (κ1) is 8.50. The van der Waals surface area contributed by atoms with Gasteiger partial charge in [-0.25, -0.2) is 0 Å². The van der Waals surface area contributed by atoms with E-state index in [4.69, 9.17) is 11.6 Å². The van der Waals surface area contributed by atoms with Crippen LogP contribution in [0, 0.1) is 0 Å². The molecule has 0 rings (SSSR count). The third-order valence-corrected chi connectivity index (χ3v) is 0.954. The highest BCUT2D eigenvalue weighted by atomic mass is 35.5. The first-order valence-electron chi connectivity index (χ1n) is 2.74. The molecule has 52 valence electrons. The van der Waals surface area contributed by atoms with Crippen molar-refractivity contribution < 1.29 is 4.79 Å². The minimum Gasteiger partial charge on any atom is -0.353 e. The molecule has 3 heteroatoms. The maximum atomic E-state index is 10.6. The number of nitrogens with one attached hydrogen (secondary N) is 1. The molecule has 0 fully saturated rings. The molecule has 0 aliphatic rings. The minimum atomic E-state index is -0.0232. The summed E-state index contributed by atoms with van der Waals surface area (Å²) in [5, 5.41) is 2.59. The van der Waals surface area contributed by atoms with E-state index in [9.17, 15) is 4.79 Å². The molecule has 1 N–H and O–H groups in total. The van der Waals surface area contributed by atoms with Crippen LogP contribution in [-0.4, -0.2) is 18.3 Å². The van der Waals surface area contributed by atoms with Gasteiger partial charge < -0.3 is 5.32 Å². The zero-order valence-corrected chi connectivity index (χ0v) is 5.95. The number of alkyl halides is 1. The Morgan fingerprint density at radius 3 is 2.89 bits per heavy atom. The molecule has 0 saturated heterocycles. The lowest BCUT2D eigenvalue weighted by Crippen LogP contribution is -2.22.